The lowest BCUT2D eigenvalue weighted by Crippen LogP contribution is -2.49. The predicted octanol–water partition coefficient (Wildman–Crippen LogP) is -2.47. The van der Waals surface area contributed by atoms with Crippen molar-refractivity contribution >= 4 is 52.1 Å². The van der Waals surface area contributed by atoms with Gasteiger partial charge in [0.25, 0.3) is 7.82 Å². The van der Waals surface area contributed by atoms with Gasteiger partial charge in [0, 0.05) is 38.1 Å². The van der Waals surface area contributed by atoms with Crippen LogP contribution in [0.4, 0.5) is 17.5 Å². The van der Waals surface area contributed by atoms with Gasteiger partial charge in [0.05, 0.1) is 31.7 Å². The van der Waals surface area contributed by atoms with E-state index in [4.69, 9.17) is 49.5 Å². The lowest BCUT2D eigenvalue weighted by atomic mass is 9.89. The molecule has 0 spiro atoms. The van der Waals surface area contributed by atoms with Gasteiger partial charge >= 0.3 is 27.0 Å². The van der Waals surface area contributed by atoms with Crippen molar-refractivity contribution < 1.29 is 75.6 Å². The van der Waals surface area contributed by atoms with E-state index < -0.39 is 116 Å². The summed E-state index contributed by atoms with van der Waals surface area (Å²) < 4.78 is 79.9. The highest BCUT2D eigenvalue weighted by Crippen LogP contribution is 2.54. The summed E-state index contributed by atoms with van der Waals surface area (Å²) in [5.74, 6) is -0.261. The number of nitrogen functional groups attached to an aromatic ring is 3. The van der Waals surface area contributed by atoms with Crippen molar-refractivity contribution in [1.82, 2.24) is 38.6 Å². The lowest BCUT2D eigenvalue weighted by molar-refractivity contribution is -0.232. The molecule has 7 heterocycles. The van der Waals surface area contributed by atoms with Gasteiger partial charge in [-0.15, -0.1) is 0 Å². The van der Waals surface area contributed by atoms with Crippen LogP contribution in [0.3, 0.4) is 0 Å². The summed E-state index contributed by atoms with van der Waals surface area (Å²) in [6, 6.07) is 2.52. The fourth-order valence-electron chi connectivity index (χ4n) is 7.10. The molecule has 0 aliphatic carbocycles. The van der Waals surface area contributed by atoms with Crippen molar-refractivity contribution in [3.8, 4) is 0 Å². The Balaban J connectivity index is 1.19. The first kappa shape index (κ1) is 44.0. The van der Waals surface area contributed by atoms with Gasteiger partial charge in [-0.25, -0.2) is 33.7 Å². The largest absolute Gasteiger partial charge is 0.756 e. The lowest BCUT2D eigenvalue weighted by Gasteiger charge is -2.38. The number of phosphoric acid groups is 3. The minimum Gasteiger partial charge on any atom is -0.756 e. The molecule has 4 aromatic heterocycles. The second kappa shape index (κ2) is 16.6. The molecule has 11 unspecified atom stereocenters. The van der Waals surface area contributed by atoms with Gasteiger partial charge in [0.15, 0.2) is 11.5 Å². The zero-order chi connectivity index (χ0) is 43.4. The average molecular weight is 909 g/mol. The van der Waals surface area contributed by atoms with E-state index in [1.165, 1.54) is 29.2 Å². The molecule has 32 heteroatoms. The van der Waals surface area contributed by atoms with Crippen LogP contribution in [-0.2, 0) is 46.0 Å². The monoisotopic (exact) mass is 908 g/mol. The maximum absolute atomic E-state index is 13.6. The molecule has 3 saturated heterocycles. The van der Waals surface area contributed by atoms with Crippen molar-refractivity contribution in [2.45, 2.75) is 80.5 Å². The van der Waals surface area contributed by atoms with E-state index in [1.54, 1.807) is 0 Å². The van der Waals surface area contributed by atoms with Crippen LogP contribution >= 0.6 is 23.5 Å². The van der Waals surface area contributed by atoms with Crippen molar-refractivity contribution in [1.29, 1.82) is 0 Å². The smallest absolute Gasteiger partial charge is 0.472 e. The second-order valence-corrected chi connectivity index (χ2v) is 17.6. The highest BCUT2D eigenvalue weighted by atomic mass is 31.2. The Kier molecular flexibility index (Phi) is 12.2. The fourth-order valence-corrected chi connectivity index (χ4v) is 9.05. The van der Waals surface area contributed by atoms with Crippen LogP contribution in [0.2, 0.25) is 0 Å². The second-order valence-electron chi connectivity index (χ2n) is 13.8. The molecule has 3 aliphatic heterocycles. The van der Waals surface area contributed by atoms with Gasteiger partial charge in [-0.1, -0.05) is 0 Å². The zero-order valence-corrected chi connectivity index (χ0v) is 33.2. The molecule has 60 heavy (non-hydrogen) atoms. The molecule has 0 radical (unpaired) electrons. The van der Waals surface area contributed by atoms with E-state index >= 15 is 0 Å². The van der Waals surface area contributed by atoms with E-state index in [-0.39, 0.29) is 41.5 Å². The van der Waals surface area contributed by atoms with Gasteiger partial charge in [-0.3, -0.25) is 31.8 Å². The third-order valence-electron chi connectivity index (χ3n) is 9.73. The van der Waals surface area contributed by atoms with Gasteiger partial charge < -0.3 is 65.5 Å². The molecule has 29 nitrogen and oxygen atoms in total. The highest BCUT2D eigenvalue weighted by molar-refractivity contribution is 7.47. The van der Waals surface area contributed by atoms with E-state index in [0.29, 0.717) is 0 Å². The summed E-state index contributed by atoms with van der Waals surface area (Å²) in [7, 11) is -16.3. The molecule has 0 aromatic carbocycles. The van der Waals surface area contributed by atoms with Crippen LogP contribution in [0, 0.1) is 0 Å². The number of rotatable bonds is 15. The van der Waals surface area contributed by atoms with Gasteiger partial charge in [0.2, 0.25) is 0 Å². The number of fused-ring (bicyclic) bond motifs is 1. The Labute approximate surface area is 335 Å². The molecule has 11 atom stereocenters. The number of ether oxygens (including phenoxy) is 3. The minimum absolute atomic E-state index is 0.0113. The standard InChI is InChI=1S/C28H38N11O18P3/c29-18-1-3-37(26(41)35-18)20-5-13(40)16(54-20)9-51-60(49,50)56-14-6-21(39-12-34-23-24(31)32-11-33-25(23)39)53-15(14)8-28(10-52-58(43,44)45)17(57-59(46,47)48)7-22(55-28)38-4-2-19(30)36-27(38)42/h1-4,11-17,20-22,40H,5-10H2,(H,49,50)(H2,29,35,41)(H2,30,36,42)(H2,31,32,33)(H2,43,44,45)(H2,46,47,48)/p-1. The molecule has 0 amide bonds. The Morgan fingerprint density at radius 3 is 2.10 bits per heavy atom. The first-order chi connectivity index (χ1) is 28.1. The minimum atomic E-state index is -5.71. The van der Waals surface area contributed by atoms with Crippen molar-refractivity contribution in [3.05, 3.63) is 58.1 Å². The number of phosphoric ester groups is 3. The molecular formula is C28H37N11O18P3-. The van der Waals surface area contributed by atoms with Crippen LogP contribution in [0.5, 0.6) is 0 Å². The van der Waals surface area contributed by atoms with E-state index in [9.17, 15) is 52.9 Å². The number of aromatic nitrogens is 8. The summed E-state index contributed by atoms with van der Waals surface area (Å²) >= 11 is 0. The summed E-state index contributed by atoms with van der Waals surface area (Å²) in [5, 5.41) is 10.7. The van der Waals surface area contributed by atoms with Gasteiger partial charge in [-0.2, -0.15) is 9.97 Å². The molecule has 3 aliphatic rings. The molecule has 0 saturated carbocycles. The topological polar surface area (TPSA) is 431 Å². The molecular weight excluding hydrogens is 871 g/mol. The SMILES string of the molecule is Nc1ccn(C2CC(O)C(COP(=O)(O)OC3CC(n4cnc5c(N)ncnc54)OC3CC3(COP(=O)(O)O)OC(n4ccc(N)nc4=O)CC3OP(=O)([O-])O)O2)c(=O)n1. The zero-order valence-electron chi connectivity index (χ0n) is 30.5. The summed E-state index contributed by atoms with van der Waals surface area (Å²) in [5.41, 5.74) is 13.2. The molecule has 3 fully saturated rings. The number of hydrogen-bond acceptors (Lipinski definition) is 22. The van der Waals surface area contributed by atoms with Gasteiger partial charge in [-0.05, 0) is 12.1 Å². The number of imidazole rings is 1. The van der Waals surface area contributed by atoms with E-state index in [1.807, 2.05) is 0 Å². The van der Waals surface area contributed by atoms with Crippen LogP contribution in [0.25, 0.3) is 11.2 Å². The highest BCUT2D eigenvalue weighted by Gasteiger charge is 2.57. The van der Waals surface area contributed by atoms with Crippen molar-refractivity contribution in [3.63, 3.8) is 0 Å². The normalized spacial score (nSPS) is 30.4. The molecule has 11 N–H and O–H groups in total. The summed E-state index contributed by atoms with van der Waals surface area (Å²) in [4.78, 5) is 97.1. The number of anilines is 3. The Hall–Kier alpha value is -4.12. The molecule has 7 rings (SSSR count). The van der Waals surface area contributed by atoms with Crippen LogP contribution in [0.1, 0.15) is 44.4 Å². The number of hydrogen-bond donors (Lipinski definition) is 8. The van der Waals surface area contributed by atoms with Crippen LogP contribution in [-0.4, -0.2) is 113 Å². The Bertz CT molecular complexity index is 2500. The fraction of sp³-hybridized carbons (Fsp3) is 0.536. The maximum atomic E-state index is 13.6. The number of nitrogens with zero attached hydrogens (tertiary/aromatic N) is 8. The maximum Gasteiger partial charge on any atom is 0.472 e. The van der Waals surface area contributed by atoms with Crippen LogP contribution < -0.4 is 33.5 Å². The Morgan fingerprint density at radius 2 is 1.47 bits per heavy atom. The quantitative estimate of drug-likeness (QED) is 0.0573. The first-order valence-electron chi connectivity index (χ1n) is 17.5. The average Bonchev–Trinajstić information content (AvgIpc) is 3.91. The predicted molar refractivity (Wildman–Crippen MR) is 194 cm³/mol. The summed E-state index contributed by atoms with van der Waals surface area (Å²) in [6.45, 7) is -1.95. The third kappa shape index (κ3) is 9.82. The summed E-state index contributed by atoms with van der Waals surface area (Å²) in [6.07, 6.45) is -8.35. The number of aliphatic hydroxyl groups excluding tert-OH is 1. The van der Waals surface area contributed by atoms with Gasteiger partial charge in [0.1, 0.15) is 66.1 Å². The first-order valence-corrected chi connectivity index (χ1v) is 22.0. The van der Waals surface area contributed by atoms with Crippen LogP contribution in [0.15, 0.2) is 46.8 Å². The van der Waals surface area contributed by atoms with E-state index in [2.05, 4.69) is 24.9 Å². The Morgan fingerprint density at radius 1 is 0.833 bits per heavy atom. The van der Waals surface area contributed by atoms with Crippen molar-refractivity contribution in [2.24, 2.45) is 0 Å². The number of aliphatic hydroxyl groups is 1. The van der Waals surface area contributed by atoms with Crippen molar-refractivity contribution in [2.75, 3.05) is 30.4 Å². The third-order valence-corrected chi connectivity index (χ3v) is 11.7. The molecule has 328 valence electrons. The van der Waals surface area contributed by atoms with E-state index in [0.717, 1.165) is 21.7 Å². The molecule has 0 bridgehead atoms. The molecule has 4 aromatic rings. The number of nitrogens with two attached hydrogens (primary N) is 3.